The van der Waals surface area contributed by atoms with Crippen LogP contribution in [0, 0.1) is 5.82 Å². The number of halogens is 1. The average Bonchev–Trinajstić information content (AvgIpc) is 3.09. The molecule has 25 heavy (non-hydrogen) atoms. The minimum Gasteiger partial charge on any atom is -0.496 e. The number of methoxy groups -OCH3 is 1. The molecule has 0 aliphatic rings. The highest BCUT2D eigenvalue weighted by molar-refractivity contribution is 5.90. The summed E-state index contributed by atoms with van der Waals surface area (Å²) in [6.07, 6.45) is 0.424. The fourth-order valence-electron chi connectivity index (χ4n) is 2.31. The van der Waals surface area contributed by atoms with Crippen LogP contribution in [0.15, 0.2) is 53.1 Å². The molecule has 1 aromatic heterocycles. The second-order valence-corrected chi connectivity index (χ2v) is 5.27. The molecule has 0 spiro atoms. The number of aromatic nitrogens is 2. The van der Waals surface area contributed by atoms with Gasteiger partial charge in [0.05, 0.1) is 12.7 Å². The molecule has 1 N–H and O–H groups in total. The van der Waals surface area contributed by atoms with Gasteiger partial charge in [0.2, 0.25) is 17.6 Å². The molecule has 128 valence electrons. The third kappa shape index (κ3) is 4.20. The SMILES string of the molecule is COc1ccccc1-c1noc(CCC(=O)Nc2cccc(F)c2)n1. The summed E-state index contributed by atoms with van der Waals surface area (Å²) in [6.45, 7) is 0. The first-order valence-corrected chi connectivity index (χ1v) is 7.67. The lowest BCUT2D eigenvalue weighted by atomic mass is 10.2. The Morgan fingerprint density at radius 1 is 1.24 bits per heavy atom. The van der Waals surface area contributed by atoms with E-state index in [-0.39, 0.29) is 18.7 Å². The Hall–Kier alpha value is -3.22. The first kappa shape index (κ1) is 16.6. The summed E-state index contributed by atoms with van der Waals surface area (Å²) in [5, 5.41) is 6.54. The van der Waals surface area contributed by atoms with Crippen LogP contribution in [0.1, 0.15) is 12.3 Å². The molecular formula is C18H16FN3O3. The van der Waals surface area contributed by atoms with Crippen molar-refractivity contribution in [2.75, 3.05) is 12.4 Å². The second-order valence-electron chi connectivity index (χ2n) is 5.27. The number of ether oxygens (including phenoxy) is 1. The van der Waals surface area contributed by atoms with Gasteiger partial charge < -0.3 is 14.6 Å². The summed E-state index contributed by atoms with van der Waals surface area (Å²) in [5.74, 6) is 0.714. The van der Waals surface area contributed by atoms with E-state index in [2.05, 4.69) is 15.5 Å². The number of anilines is 1. The predicted octanol–water partition coefficient (Wildman–Crippen LogP) is 3.46. The largest absolute Gasteiger partial charge is 0.496 e. The maximum atomic E-state index is 13.1. The Morgan fingerprint density at radius 2 is 2.08 bits per heavy atom. The molecule has 0 saturated carbocycles. The lowest BCUT2D eigenvalue weighted by molar-refractivity contribution is -0.116. The first-order valence-electron chi connectivity index (χ1n) is 7.67. The maximum absolute atomic E-state index is 13.1. The summed E-state index contributed by atoms with van der Waals surface area (Å²) in [5.41, 5.74) is 1.12. The minimum atomic E-state index is -0.406. The third-order valence-corrected chi connectivity index (χ3v) is 3.49. The smallest absolute Gasteiger partial charge is 0.227 e. The van der Waals surface area contributed by atoms with Gasteiger partial charge in [-0.2, -0.15) is 4.98 Å². The Bertz CT molecular complexity index is 879. The summed E-state index contributed by atoms with van der Waals surface area (Å²) < 4.78 is 23.5. The van der Waals surface area contributed by atoms with Crippen molar-refractivity contribution in [3.63, 3.8) is 0 Å². The van der Waals surface area contributed by atoms with Crippen molar-refractivity contribution in [3.8, 4) is 17.1 Å². The molecule has 3 rings (SSSR count). The molecule has 1 amide bonds. The number of hydrogen-bond donors (Lipinski definition) is 1. The van der Waals surface area contributed by atoms with Gasteiger partial charge in [0, 0.05) is 18.5 Å². The van der Waals surface area contributed by atoms with E-state index in [0.29, 0.717) is 28.7 Å². The molecule has 2 aromatic carbocycles. The second kappa shape index (κ2) is 7.57. The van der Waals surface area contributed by atoms with Gasteiger partial charge in [-0.05, 0) is 30.3 Å². The van der Waals surface area contributed by atoms with Gasteiger partial charge in [0.1, 0.15) is 11.6 Å². The van der Waals surface area contributed by atoms with E-state index >= 15 is 0 Å². The zero-order chi connectivity index (χ0) is 17.6. The van der Waals surface area contributed by atoms with Crippen LogP contribution in [0.3, 0.4) is 0 Å². The molecule has 0 atom stereocenters. The first-order chi connectivity index (χ1) is 12.2. The van der Waals surface area contributed by atoms with Gasteiger partial charge >= 0.3 is 0 Å². The van der Waals surface area contributed by atoms with Crippen LogP contribution in [0.2, 0.25) is 0 Å². The van der Waals surface area contributed by atoms with Gasteiger partial charge in [0.15, 0.2) is 0 Å². The Kier molecular flexibility index (Phi) is 5.03. The van der Waals surface area contributed by atoms with Crippen LogP contribution in [-0.2, 0) is 11.2 Å². The number of carbonyl (C=O) groups is 1. The Labute approximate surface area is 143 Å². The molecule has 0 saturated heterocycles. The van der Waals surface area contributed by atoms with Crippen LogP contribution in [-0.4, -0.2) is 23.2 Å². The number of rotatable bonds is 6. The van der Waals surface area contributed by atoms with Gasteiger partial charge in [-0.3, -0.25) is 4.79 Å². The average molecular weight is 341 g/mol. The molecule has 1 heterocycles. The van der Waals surface area contributed by atoms with Crippen LogP contribution >= 0.6 is 0 Å². The molecule has 0 aliphatic carbocycles. The summed E-state index contributed by atoms with van der Waals surface area (Å²) in [7, 11) is 1.57. The van der Waals surface area contributed by atoms with Crippen molar-refractivity contribution in [2.45, 2.75) is 12.8 Å². The Balaban J connectivity index is 1.61. The van der Waals surface area contributed by atoms with Gasteiger partial charge in [-0.25, -0.2) is 4.39 Å². The number of aryl methyl sites for hydroxylation is 1. The zero-order valence-electron chi connectivity index (χ0n) is 13.5. The van der Waals surface area contributed by atoms with Crippen molar-refractivity contribution in [3.05, 3.63) is 60.2 Å². The van der Waals surface area contributed by atoms with Crippen molar-refractivity contribution in [2.24, 2.45) is 0 Å². The highest BCUT2D eigenvalue weighted by Crippen LogP contribution is 2.27. The quantitative estimate of drug-likeness (QED) is 0.743. The molecular weight excluding hydrogens is 325 g/mol. The van der Waals surface area contributed by atoms with E-state index in [1.807, 2.05) is 18.2 Å². The number of nitrogens with one attached hydrogen (secondary N) is 1. The number of carbonyl (C=O) groups excluding carboxylic acids is 1. The van der Waals surface area contributed by atoms with E-state index < -0.39 is 5.82 Å². The van der Waals surface area contributed by atoms with E-state index in [0.717, 1.165) is 0 Å². The predicted molar refractivity (Wildman–Crippen MR) is 89.6 cm³/mol. The normalized spacial score (nSPS) is 10.5. The summed E-state index contributed by atoms with van der Waals surface area (Å²) in [6, 6.07) is 13.0. The molecule has 7 heteroatoms. The molecule has 0 aliphatic heterocycles. The standard InChI is InChI=1S/C18H16FN3O3/c1-24-15-8-3-2-7-14(15)18-21-17(25-22-18)10-9-16(23)20-13-6-4-5-12(19)11-13/h2-8,11H,9-10H2,1H3,(H,20,23). The lowest BCUT2D eigenvalue weighted by Gasteiger charge is -2.04. The minimum absolute atomic E-state index is 0.143. The number of hydrogen-bond acceptors (Lipinski definition) is 5. The van der Waals surface area contributed by atoms with Crippen LogP contribution in [0.4, 0.5) is 10.1 Å². The number of amides is 1. The molecule has 6 nitrogen and oxygen atoms in total. The fraction of sp³-hybridized carbons (Fsp3) is 0.167. The van der Waals surface area contributed by atoms with E-state index in [4.69, 9.17) is 9.26 Å². The Morgan fingerprint density at radius 3 is 2.88 bits per heavy atom. The van der Waals surface area contributed by atoms with Crippen molar-refractivity contribution in [1.82, 2.24) is 10.1 Å². The molecule has 0 bridgehead atoms. The van der Waals surface area contributed by atoms with Crippen LogP contribution < -0.4 is 10.1 Å². The van der Waals surface area contributed by atoms with Crippen molar-refractivity contribution in [1.29, 1.82) is 0 Å². The third-order valence-electron chi connectivity index (χ3n) is 3.49. The summed E-state index contributed by atoms with van der Waals surface area (Å²) in [4.78, 5) is 16.2. The van der Waals surface area contributed by atoms with Crippen molar-refractivity contribution < 1.29 is 18.4 Å². The van der Waals surface area contributed by atoms with Crippen molar-refractivity contribution >= 4 is 11.6 Å². The molecule has 3 aromatic rings. The lowest BCUT2D eigenvalue weighted by Crippen LogP contribution is -2.12. The monoisotopic (exact) mass is 341 g/mol. The highest BCUT2D eigenvalue weighted by Gasteiger charge is 2.14. The van der Waals surface area contributed by atoms with E-state index in [1.165, 1.54) is 18.2 Å². The van der Waals surface area contributed by atoms with Gasteiger partial charge in [-0.1, -0.05) is 23.4 Å². The molecule has 0 radical (unpaired) electrons. The van der Waals surface area contributed by atoms with Crippen LogP contribution in [0.5, 0.6) is 5.75 Å². The van der Waals surface area contributed by atoms with Gasteiger partial charge in [-0.15, -0.1) is 0 Å². The topological polar surface area (TPSA) is 77.2 Å². The zero-order valence-corrected chi connectivity index (χ0v) is 13.5. The number of para-hydroxylation sites is 1. The number of nitrogens with zero attached hydrogens (tertiary/aromatic N) is 2. The maximum Gasteiger partial charge on any atom is 0.227 e. The molecule has 0 fully saturated rings. The molecule has 0 unspecified atom stereocenters. The van der Waals surface area contributed by atoms with Crippen LogP contribution in [0.25, 0.3) is 11.4 Å². The number of benzene rings is 2. The highest BCUT2D eigenvalue weighted by atomic mass is 19.1. The fourth-order valence-corrected chi connectivity index (χ4v) is 2.31. The summed E-state index contributed by atoms with van der Waals surface area (Å²) >= 11 is 0. The van der Waals surface area contributed by atoms with E-state index in [1.54, 1.807) is 19.2 Å². The van der Waals surface area contributed by atoms with E-state index in [9.17, 15) is 9.18 Å². The van der Waals surface area contributed by atoms with Gasteiger partial charge in [0.25, 0.3) is 0 Å².